The van der Waals surface area contributed by atoms with Crippen molar-refractivity contribution in [1.29, 1.82) is 0 Å². The Balaban J connectivity index is 4.19. The van der Waals surface area contributed by atoms with E-state index in [2.05, 4.69) is 6.58 Å². The van der Waals surface area contributed by atoms with Crippen LogP contribution in [0.25, 0.3) is 0 Å². The monoisotopic (exact) mass is 245 g/mol. The van der Waals surface area contributed by atoms with Crippen LogP contribution in [0.5, 0.6) is 0 Å². The highest BCUT2D eigenvalue weighted by Gasteiger charge is 2.17. The molecule has 0 aromatic rings. The first kappa shape index (κ1) is 15.0. The fourth-order valence-corrected chi connectivity index (χ4v) is 1.82. The fourth-order valence-electron chi connectivity index (χ4n) is 1.18. The summed E-state index contributed by atoms with van der Waals surface area (Å²) in [4.78, 5) is 23.7. The molecular weight excluding hydrogens is 226 g/mol. The number of rotatable bonds is 8. The highest BCUT2D eigenvalue weighted by molar-refractivity contribution is 8.00. The van der Waals surface area contributed by atoms with Gasteiger partial charge in [-0.15, -0.1) is 18.3 Å². The quantitative estimate of drug-likeness (QED) is 0.520. The van der Waals surface area contributed by atoms with Crippen LogP contribution in [0.1, 0.15) is 13.8 Å². The Kier molecular flexibility index (Phi) is 7.72. The predicted molar refractivity (Wildman–Crippen MR) is 66.6 cm³/mol. The molecule has 1 amide bonds. The van der Waals surface area contributed by atoms with Crippen molar-refractivity contribution in [2.45, 2.75) is 13.8 Å². The SMILES string of the molecule is C=CCSCC(=O)N(CC(=O)O)CC(C)C. The van der Waals surface area contributed by atoms with Gasteiger partial charge in [-0.05, 0) is 5.92 Å². The van der Waals surface area contributed by atoms with E-state index in [1.807, 2.05) is 13.8 Å². The predicted octanol–water partition coefficient (Wildman–Crippen LogP) is 1.47. The number of hydrogen-bond acceptors (Lipinski definition) is 3. The Labute approximate surface area is 101 Å². The number of amides is 1. The standard InChI is InChI=1S/C11H19NO3S/c1-4-5-16-8-10(13)12(6-9(2)3)7-11(14)15/h4,9H,1,5-8H2,2-3H3,(H,14,15). The summed E-state index contributed by atoms with van der Waals surface area (Å²) in [5.41, 5.74) is 0. The number of thioether (sulfide) groups is 1. The minimum absolute atomic E-state index is 0.122. The van der Waals surface area contributed by atoms with Crippen LogP contribution in [0, 0.1) is 5.92 Å². The van der Waals surface area contributed by atoms with Crippen LogP contribution < -0.4 is 0 Å². The van der Waals surface area contributed by atoms with Crippen molar-refractivity contribution in [2.75, 3.05) is 24.6 Å². The maximum Gasteiger partial charge on any atom is 0.323 e. The average molecular weight is 245 g/mol. The molecule has 0 fully saturated rings. The Bertz CT molecular complexity index is 254. The molecule has 4 nitrogen and oxygen atoms in total. The van der Waals surface area contributed by atoms with E-state index in [1.54, 1.807) is 6.08 Å². The highest BCUT2D eigenvalue weighted by Crippen LogP contribution is 2.05. The van der Waals surface area contributed by atoms with E-state index >= 15 is 0 Å². The van der Waals surface area contributed by atoms with E-state index < -0.39 is 5.97 Å². The molecule has 16 heavy (non-hydrogen) atoms. The van der Waals surface area contributed by atoms with Gasteiger partial charge in [-0.25, -0.2) is 0 Å². The van der Waals surface area contributed by atoms with Gasteiger partial charge in [0, 0.05) is 12.3 Å². The van der Waals surface area contributed by atoms with Gasteiger partial charge in [0.15, 0.2) is 0 Å². The molecule has 0 bridgehead atoms. The van der Waals surface area contributed by atoms with Gasteiger partial charge in [0.25, 0.3) is 0 Å². The zero-order valence-corrected chi connectivity index (χ0v) is 10.6. The van der Waals surface area contributed by atoms with E-state index in [4.69, 9.17) is 5.11 Å². The Hall–Kier alpha value is -0.970. The van der Waals surface area contributed by atoms with E-state index in [0.717, 1.165) is 0 Å². The normalized spacial score (nSPS) is 10.2. The van der Waals surface area contributed by atoms with Gasteiger partial charge in [-0.2, -0.15) is 0 Å². The molecule has 0 aliphatic rings. The Morgan fingerprint density at radius 1 is 1.50 bits per heavy atom. The number of carboxylic acid groups (broad SMARTS) is 1. The van der Waals surface area contributed by atoms with Crippen LogP contribution in [0.4, 0.5) is 0 Å². The van der Waals surface area contributed by atoms with Gasteiger partial charge in [0.05, 0.1) is 5.75 Å². The molecule has 0 atom stereocenters. The molecule has 92 valence electrons. The number of aliphatic carboxylic acids is 1. The van der Waals surface area contributed by atoms with Crippen LogP contribution in [0.2, 0.25) is 0 Å². The second-order valence-electron chi connectivity index (χ2n) is 3.87. The zero-order valence-electron chi connectivity index (χ0n) is 9.81. The van der Waals surface area contributed by atoms with E-state index in [1.165, 1.54) is 16.7 Å². The van der Waals surface area contributed by atoms with Crippen molar-refractivity contribution in [3.8, 4) is 0 Å². The molecule has 0 aliphatic heterocycles. The van der Waals surface area contributed by atoms with Gasteiger partial charge in [-0.3, -0.25) is 9.59 Å². The third kappa shape index (κ3) is 7.34. The second-order valence-corrected chi connectivity index (χ2v) is 4.90. The largest absolute Gasteiger partial charge is 0.480 e. The summed E-state index contributed by atoms with van der Waals surface area (Å²) in [5, 5.41) is 8.70. The minimum Gasteiger partial charge on any atom is -0.480 e. The summed E-state index contributed by atoms with van der Waals surface area (Å²) in [6, 6.07) is 0. The number of carbonyl (C=O) groups is 2. The third-order valence-electron chi connectivity index (χ3n) is 1.73. The van der Waals surface area contributed by atoms with Gasteiger partial charge >= 0.3 is 5.97 Å². The first-order valence-corrected chi connectivity index (χ1v) is 6.31. The molecule has 0 aliphatic carbocycles. The van der Waals surface area contributed by atoms with Crippen molar-refractivity contribution >= 4 is 23.6 Å². The van der Waals surface area contributed by atoms with Gasteiger partial charge < -0.3 is 10.0 Å². The van der Waals surface area contributed by atoms with Crippen LogP contribution >= 0.6 is 11.8 Å². The van der Waals surface area contributed by atoms with Gasteiger partial charge in [0.2, 0.25) is 5.91 Å². The zero-order chi connectivity index (χ0) is 12.6. The molecule has 1 N–H and O–H groups in total. The molecule has 0 radical (unpaired) electrons. The van der Waals surface area contributed by atoms with Crippen molar-refractivity contribution in [3.05, 3.63) is 12.7 Å². The molecule has 0 heterocycles. The van der Waals surface area contributed by atoms with E-state index in [0.29, 0.717) is 18.1 Å². The summed E-state index contributed by atoms with van der Waals surface area (Å²) in [6.45, 7) is 7.74. The molecule has 0 spiro atoms. The summed E-state index contributed by atoms with van der Waals surface area (Å²) in [6.07, 6.45) is 1.72. The molecule has 0 saturated heterocycles. The summed E-state index contributed by atoms with van der Waals surface area (Å²) in [7, 11) is 0. The maximum atomic E-state index is 11.7. The van der Waals surface area contributed by atoms with E-state index in [9.17, 15) is 9.59 Å². The second kappa shape index (κ2) is 8.21. The highest BCUT2D eigenvalue weighted by atomic mass is 32.2. The topological polar surface area (TPSA) is 57.6 Å². The lowest BCUT2D eigenvalue weighted by Crippen LogP contribution is -2.39. The molecule has 0 rings (SSSR count). The molecule has 0 unspecified atom stereocenters. The lowest BCUT2D eigenvalue weighted by atomic mass is 10.2. The minimum atomic E-state index is -0.970. The molecule has 5 heteroatoms. The van der Waals surface area contributed by atoms with Crippen molar-refractivity contribution in [3.63, 3.8) is 0 Å². The Morgan fingerprint density at radius 2 is 2.12 bits per heavy atom. The van der Waals surface area contributed by atoms with Crippen molar-refractivity contribution in [1.82, 2.24) is 4.90 Å². The third-order valence-corrected chi connectivity index (χ3v) is 2.65. The molecule has 0 saturated carbocycles. The molecular formula is C11H19NO3S. The summed E-state index contributed by atoms with van der Waals surface area (Å²) >= 11 is 1.44. The number of carbonyl (C=O) groups excluding carboxylic acids is 1. The van der Waals surface area contributed by atoms with Crippen molar-refractivity contribution in [2.24, 2.45) is 5.92 Å². The first-order valence-electron chi connectivity index (χ1n) is 5.15. The number of hydrogen-bond donors (Lipinski definition) is 1. The Morgan fingerprint density at radius 3 is 2.56 bits per heavy atom. The number of nitrogens with zero attached hydrogens (tertiary/aromatic N) is 1. The van der Waals surface area contributed by atoms with Gasteiger partial charge in [-0.1, -0.05) is 19.9 Å². The summed E-state index contributed by atoms with van der Waals surface area (Å²) < 4.78 is 0. The van der Waals surface area contributed by atoms with Crippen LogP contribution in [0.15, 0.2) is 12.7 Å². The first-order chi connectivity index (χ1) is 7.47. The fraction of sp³-hybridized carbons (Fsp3) is 0.636. The van der Waals surface area contributed by atoms with Gasteiger partial charge in [0.1, 0.15) is 6.54 Å². The smallest absolute Gasteiger partial charge is 0.323 e. The lowest BCUT2D eigenvalue weighted by molar-refractivity contribution is -0.143. The number of carboxylic acids is 1. The van der Waals surface area contributed by atoms with Crippen LogP contribution in [0.3, 0.4) is 0 Å². The molecule has 0 aromatic carbocycles. The lowest BCUT2D eigenvalue weighted by Gasteiger charge is -2.22. The van der Waals surface area contributed by atoms with E-state index in [-0.39, 0.29) is 18.4 Å². The van der Waals surface area contributed by atoms with Crippen LogP contribution in [-0.2, 0) is 9.59 Å². The summed E-state index contributed by atoms with van der Waals surface area (Å²) in [5.74, 6) is 0.193. The van der Waals surface area contributed by atoms with Crippen molar-refractivity contribution < 1.29 is 14.7 Å². The average Bonchev–Trinajstić information content (AvgIpc) is 2.15. The maximum absolute atomic E-state index is 11.7. The molecule has 0 aromatic heterocycles. The van der Waals surface area contributed by atoms with Crippen LogP contribution in [-0.4, -0.2) is 46.5 Å².